The molecule has 4 atom stereocenters. The summed E-state index contributed by atoms with van der Waals surface area (Å²) in [6, 6.07) is 8.61. The van der Waals surface area contributed by atoms with Crippen LogP contribution in [0, 0.1) is 22.2 Å². The Balaban J connectivity index is 2.51. The highest BCUT2D eigenvalue weighted by molar-refractivity contribution is 6.35. The minimum absolute atomic E-state index is 0.0771. The lowest BCUT2D eigenvalue weighted by Crippen LogP contribution is -2.68. The minimum atomic E-state index is -1.61. The van der Waals surface area contributed by atoms with Crippen LogP contribution in [0.1, 0.15) is 78.1 Å². The van der Waals surface area contributed by atoms with Crippen LogP contribution in [0.3, 0.4) is 0 Å². The molecule has 6 nitrogen and oxygen atoms in total. The third-order valence-electron chi connectivity index (χ3n) is 8.77. The SMILES string of the molecule is C=CC(OC(C)=O)[C@@H]1C[C@]2(CC=C(C)C)C(=O)[C@@](CC=C(C)C)(C(=O)C(C(=O)c3ccccc3)=C2OC)C1(C)C. The van der Waals surface area contributed by atoms with Crippen molar-refractivity contribution in [3.05, 3.63) is 83.2 Å². The molecule has 0 radical (unpaired) electrons. The van der Waals surface area contributed by atoms with E-state index < -0.39 is 45.8 Å². The molecule has 1 unspecified atom stereocenters. The molecule has 0 aromatic heterocycles. The summed E-state index contributed by atoms with van der Waals surface area (Å²) in [7, 11) is 1.41. The fourth-order valence-electron chi connectivity index (χ4n) is 6.59. The van der Waals surface area contributed by atoms with Crippen molar-refractivity contribution < 1.29 is 28.7 Å². The molecule has 2 aliphatic rings. The first-order chi connectivity index (χ1) is 18.7. The Hall–Kier alpha value is -3.54. The van der Waals surface area contributed by atoms with Gasteiger partial charge in [0.1, 0.15) is 22.9 Å². The molecule has 0 amide bonds. The number of allylic oxidation sites excluding steroid dienone is 6. The quantitative estimate of drug-likeness (QED) is 0.106. The van der Waals surface area contributed by atoms with Crippen LogP contribution in [0.4, 0.5) is 0 Å². The maximum absolute atomic E-state index is 15.0. The highest BCUT2D eigenvalue weighted by Gasteiger charge is 2.73. The second kappa shape index (κ2) is 11.5. The van der Waals surface area contributed by atoms with Gasteiger partial charge in [0.05, 0.1) is 12.5 Å². The number of fused-ring (bicyclic) bond motifs is 2. The maximum atomic E-state index is 15.0. The lowest BCUT2D eigenvalue weighted by atomic mass is 9.39. The Morgan fingerprint density at radius 1 is 1.00 bits per heavy atom. The lowest BCUT2D eigenvalue weighted by Gasteiger charge is -2.61. The molecule has 3 rings (SSSR count). The second-order valence-electron chi connectivity index (χ2n) is 12.1. The van der Waals surface area contributed by atoms with E-state index in [1.54, 1.807) is 36.4 Å². The second-order valence-corrected chi connectivity index (χ2v) is 12.1. The van der Waals surface area contributed by atoms with E-state index in [0.717, 1.165) is 11.1 Å². The average molecular weight is 547 g/mol. The normalized spacial score (nSPS) is 25.9. The Bertz CT molecular complexity index is 1300. The molecule has 1 aromatic rings. The summed E-state index contributed by atoms with van der Waals surface area (Å²) < 4.78 is 11.7. The summed E-state index contributed by atoms with van der Waals surface area (Å²) in [6.07, 6.45) is 5.22. The van der Waals surface area contributed by atoms with Gasteiger partial charge < -0.3 is 9.47 Å². The first kappa shape index (κ1) is 31.0. The van der Waals surface area contributed by atoms with E-state index in [1.165, 1.54) is 14.0 Å². The van der Waals surface area contributed by atoms with Crippen LogP contribution >= 0.6 is 0 Å². The molecule has 1 saturated carbocycles. The van der Waals surface area contributed by atoms with E-state index in [-0.39, 0.29) is 36.4 Å². The number of ketones is 3. The summed E-state index contributed by atoms with van der Waals surface area (Å²) in [6.45, 7) is 16.7. The van der Waals surface area contributed by atoms with Crippen LogP contribution in [0.25, 0.3) is 0 Å². The summed E-state index contributed by atoms with van der Waals surface area (Å²) in [5.74, 6) is -2.12. The summed E-state index contributed by atoms with van der Waals surface area (Å²) >= 11 is 0. The van der Waals surface area contributed by atoms with Crippen molar-refractivity contribution in [3.63, 3.8) is 0 Å². The van der Waals surface area contributed by atoms with Gasteiger partial charge in [-0.3, -0.25) is 19.2 Å². The smallest absolute Gasteiger partial charge is 0.303 e. The molecule has 0 N–H and O–H groups in total. The number of carbonyl (C=O) groups is 4. The van der Waals surface area contributed by atoms with Crippen LogP contribution < -0.4 is 0 Å². The summed E-state index contributed by atoms with van der Waals surface area (Å²) in [4.78, 5) is 56.2. The van der Waals surface area contributed by atoms with Crippen molar-refractivity contribution in [2.45, 2.75) is 73.8 Å². The van der Waals surface area contributed by atoms with Gasteiger partial charge in [-0.05, 0) is 52.4 Å². The van der Waals surface area contributed by atoms with Gasteiger partial charge in [-0.25, -0.2) is 0 Å². The van der Waals surface area contributed by atoms with Crippen molar-refractivity contribution >= 4 is 23.3 Å². The predicted molar refractivity (Wildman–Crippen MR) is 155 cm³/mol. The van der Waals surface area contributed by atoms with Gasteiger partial charge in [0.15, 0.2) is 17.3 Å². The Morgan fingerprint density at radius 2 is 1.57 bits per heavy atom. The summed E-state index contributed by atoms with van der Waals surface area (Å²) in [5, 5.41) is 0. The number of Topliss-reactive ketones (excluding diaryl/α,β-unsaturated/α-hetero) is 3. The number of carbonyl (C=O) groups excluding carboxylic acids is 4. The molecular formula is C34H42O6. The Labute approximate surface area is 238 Å². The number of hydrogen-bond donors (Lipinski definition) is 0. The number of methoxy groups -OCH3 is 1. The summed E-state index contributed by atoms with van der Waals surface area (Å²) in [5.41, 5.74) is -1.74. The third kappa shape index (κ3) is 4.93. The van der Waals surface area contributed by atoms with E-state index in [2.05, 4.69) is 6.58 Å². The maximum Gasteiger partial charge on any atom is 0.303 e. The Morgan fingerprint density at radius 3 is 2.08 bits per heavy atom. The van der Waals surface area contributed by atoms with E-state index in [4.69, 9.17) is 9.47 Å². The molecule has 214 valence electrons. The molecule has 1 aromatic carbocycles. The van der Waals surface area contributed by atoms with E-state index in [9.17, 15) is 14.4 Å². The van der Waals surface area contributed by atoms with Gasteiger partial charge in [-0.15, -0.1) is 0 Å². The van der Waals surface area contributed by atoms with E-state index in [1.807, 2.05) is 53.7 Å². The van der Waals surface area contributed by atoms with Gasteiger partial charge >= 0.3 is 5.97 Å². The zero-order valence-electron chi connectivity index (χ0n) is 25.1. The minimum Gasteiger partial charge on any atom is -0.499 e. The van der Waals surface area contributed by atoms with Crippen molar-refractivity contribution in [2.24, 2.45) is 22.2 Å². The molecule has 0 spiro atoms. The topological polar surface area (TPSA) is 86.7 Å². The van der Waals surface area contributed by atoms with Crippen molar-refractivity contribution in [1.82, 2.24) is 0 Å². The number of esters is 1. The van der Waals surface area contributed by atoms with Crippen LogP contribution in [0.15, 0.2) is 77.6 Å². The monoisotopic (exact) mass is 546 g/mol. The van der Waals surface area contributed by atoms with Crippen molar-refractivity contribution in [2.75, 3.05) is 7.11 Å². The number of rotatable bonds is 10. The molecule has 2 aliphatic carbocycles. The molecule has 40 heavy (non-hydrogen) atoms. The van der Waals surface area contributed by atoms with Crippen LogP contribution in [-0.4, -0.2) is 36.5 Å². The fourth-order valence-corrected chi connectivity index (χ4v) is 6.59. The van der Waals surface area contributed by atoms with E-state index >= 15 is 4.79 Å². The van der Waals surface area contributed by atoms with E-state index in [0.29, 0.717) is 5.56 Å². The number of benzene rings is 1. The first-order valence-electron chi connectivity index (χ1n) is 13.8. The van der Waals surface area contributed by atoms with Gasteiger partial charge in [0, 0.05) is 18.4 Å². The molecule has 0 heterocycles. The van der Waals surface area contributed by atoms with Gasteiger partial charge in [0.2, 0.25) is 0 Å². The molecule has 2 bridgehead atoms. The average Bonchev–Trinajstić information content (AvgIpc) is 2.89. The molecular weight excluding hydrogens is 504 g/mol. The van der Waals surface area contributed by atoms with Crippen LogP contribution in [0.5, 0.6) is 0 Å². The van der Waals surface area contributed by atoms with Crippen LogP contribution in [-0.2, 0) is 23.9 Å². The van der Waals surface area contributed by atoms with Crippen molar-refractivity contribution in [3.8, 4) is 0 Å². The van der Waals surface area contributed by atoms with Gasteiger partial charge in [-0.1, -0.05) is 80.1 Å². The molecule has 0 aliphatic heterocycles. The number of hydrogen-bond acceptors (Lipinski definition) is 6. The largest absolute Gasteiger partial charge is 0.499 e. The predicted octanol–water partition coefficient (Wildman–Crippen LogP) is 6.77. The lowest BCUT2D eigenvalue weighted by molar-refractivity contribution is -0.180. The first-order valence-corrected chi connectivity index (χ1v) is 13.8. The zero-order chi connectivity index (χ0) is 30.0. The van der Waals surface area contributed by atoms with Crippen molar-refractivity contribution in [1.29, 1.82) is 0 Å². The molecule has 6 heteroatoms. The highest BCUT2D eigenvalue weighted by atomic mass is 16.5. The van der Waals surface area contributed by atoms with Crippen LogP contribution in [0.2, 0.25) is 0 Å². The Kier molecular flexibility index (Phi) is 8.93. The third-order valence-corrected chi connectivity index (χ3v) is 8.77. The standard InChI is InChI=1S/C34H42O6/c1-10-26(40-23(6)35)25-20-33(18-16-21(2)3)30(39-9)27(28(36)24-14-12-11-13-15-24)29(37)34(31(33)38,32(25,7)8)19-17-22(4)5/h10-17,25-26H,1,18-20H2,2-9H3/t25-,26?,33-,34+/m0/s1. The fraction of sp³-hybridized carbons (Fsp3) is 0.471. The van der Waals surface area contributed by atoms with Gasteiger partial charge in [0.25, 0.3) is 0 Å². The van der Waals surface area contributed by atoms with Gasteiger partial charge in [-0.2, -0.15) is 0 Å². The zero-order valence-corrected chi connectivity index (χ0v) is 25.1. The number of ether oxygens (including phenoxy) is 2. The molecule has 0 saturated heterocycles. The highest BCUT2D eigenvalue weighted by Crippen LogP contribution is 2.67. The molecule has 1 fully saturated rings.